The van der Waals surface area contributed by atoms with Gasteiger partial charge in [-0.25, -0.2) is 0 Å². The number of carbonyl (C=O) groups is 1. The molecule has 124 valence electrons. The number of benzene rings is 1. The van der Waals surface area contributed by atoms with Crippen LogP contribution in [-0.4, -0.2) is 29.9 Å². The molecule has 0 aromatic heterocycles. The quantitative estimate of drug-likeness (QED) is 0.900. The van der Waals surface area contributed by atoms with Gasteiger partial charge >= 0.3 is 6.18 Å². The molecule has 2 rings (SSSR count). The van der Waals surface area contributed by atoms with Crippen LogP contribution in [0.25, 0.3) is 0 Å². The van der Waals surface area contributed by atoms with E-state index in [-0.39, 0.29) is 24.0 Å². The second kappa shape index (κ2) is 7.33. The van der Waals surface area contributed by atoms with Gasteiger partial charge in [0.2, 0.25) is 0 Å². The minimum Gasteiger partial charge on any atom is -0.339 e. The molecule has 1 aromatic rings. The summed E-state index contributed by atoms with van der Waals surface area (Å²) in [5.41, 5.74) is 4.68. The summed E-state index contributed by atoms with van der Waals surface area (Å²) in [6.45, 7) is 2.83. The molecule has 0 radical (unpaired) electrons. The number of halogens is 4. The average molecular weight is 337 g/mol. The highest BCUT2D eigenvalue weighted by molar-refractivity contribution is 5.96. The van der Waals surface area contributed by atoms with Crippen LogP contribution in [0.15, 0.2) is 24.3 Å². The van der Waals surface area contributed by atoms with E-state index >= 15 is 0 Å². The van der Waals surface area contributed by atoms with Gasteiger partial charge < -0.3 is 10.6 Å². The van der Waals surface area contributed by atoms with E-state index in [1.807, 2.05) is 6.92 Å². The lowest BCUT2D eigenvalue weighted by atomic mass is 9.90. The van der Waals surface area contributed by atoms with Crippen LogP contribution < -0.4 is 5.73 Å². The van der Waals surface area contributed by atoms with Gasteiger partial charge in [-0.15, -0.1) is 12.4 Å². The summed E-state index contributed by atoms with van der Waals surface area (Å²) in [5, 5.41) is 0. The largest absolute Gasteiger partial charge is 0.417 e. The first-order valence-electron chi connectivity index (χ1n) is 7.01. The molecule has 0 spiro atoms. The molecular weight excluding hydrogens is 317 g/mol. The molecule has 3 nitrogen and oxygen atoms in total. The lowest BCUT2D eigenvalue weighted by Gasteiger charge is -2.34. The third-order valence-electron chi connectivity index (χ3n) is 4.03. The SMILES string of the molecule is CC(N)C1CCN(C(=O)c2ccccc2C(F)(F)F)CC1.Cl. The van der Waals surface area contributed by atoms with E-state index in [4.69, 9.17) is 5.73 Å². The van der Waals surface area contributed by atoms with E-state index in [0.29, 0.717) is 19.0 Å². The Bertz CT molecular complexity index is 512. The van der Waals surface area contributed by atoms with Crippen LogP contribution in [0.1, 0.15) is 35.7 Å². The van der Waals surface area contributed by atoms with Gasteiger partial charge in [-0.3, -0.25) is 4.79 Å². The zero-order chi connectivity index (χ0) is 15.6. The van der Waals surface area contributed by atoms with Crippen LogP contribution in [0.5, 0.6) is 0 Å². The lowest BCUT2D eigenvalue weighted by Crippen LogP contribution is -2.43. The second-order valence-corrected chi connectivity index (χ2v) is 5.53. The highest BCUT2D eigenvalue weighted by atomic mass is 35.5. The van der Waals surface area contributed by atoms with Crippen LogP contribution in [0.4, 0.5) is 13.2 Å². The maximum atomic E-state index is 13.0. The average Bonchev–Trinajstić information content (AvgIpc) is 2.45. The molecule has 1 atom stereocenters. The van der Waals surface area contributed by atoms with Gasteiger partial charge in [0, 0.05) is 19.1 Å². The molecule has 22 heavy (non-hydrogen) atoms. The number of carbonyl (C=O) groups excluding carboxylic acids is 1. The van der Waals surface area contributed by atoms with Crippen molar-refractivity contribution in [2.24, 2.45) is 11.7 Å². The number of piperidine rings is 1. The number of hydrogen-bond acceptors (Lipinski definition) is 2. The zero-order valence-corrected chi connectivity index (χ0v) is 13.1. The Labute approximate surface area is 134 Å². The summed E-state index contributed by atoms with van der Waals surface area (Å²) < 4.78 is 38.9. The molecule has 1 fully saturated rings. The topological polar surface area (TPSA) is 46.3 Å². The summed E-state index contributed by atoms with van der Waals surface area (Å²) in [5.74, 6) is -0.224. The van der Waals surface area contributed by atoms with Crippen molar-refractivity contribution < 1.29 is 18.0 Å². The molecule has 1 aliphatic rings. The van der Waals surface area contributed by atoms with E-state index in [0.717, 1.165) is 18.9 Å². The van der Waals surface area contributed by atoms with Crippen molar-refractivity contribution in [2.45, 2.75) is 32.0 Å². The monoisotopic (exact) mass is 336 g/mol. The van der Waals surface area contributed by atoms with Gasteiger partial charge in [0.1, 0.15) is 0 Å². The number of rotatable bonds is 2. The molecule has 1 unspecified atom stereocenters. The van der Waals surface area contributed by atoms with E-state index in [9.17, 15) is 18.0 Å². The third kappa shape index (κ3) is 4.14. The minimum absolute atomic E-state index is 0. The first kappa shape index (κ1) is 18.8. The van der Waals surface area contributed by atoms with E-state index in [1.54, 1.807) is 0 Å². The van der Waals surface area contributed by atoms with Gasteiger partial charge in [0.25, 0.3) is 5.91 Å². The molecule has 7 heteroatoms. The van der Waals surface area contributed by atoms with Gasteiger partial charge in [-0.05, 0) is 37.8 Å². The summed E-state index contributed by atoms with van der Waals surface area (Å²) in [4.78, 5) is 13.8. The Morgan fingerprint density at radius 3 is 2.32 bits per heavy atom. The van der Waals surface area contributed by atoms with E-state index < -0.39 is 17.6 Å². The maximum absolute atomic E-state index is 13.0. The Morgan fingerprint density at radius 1 is 1.27 bits per heavy atom. The standard InChI is InChI=1S/C15H19F3N2O.ClH/c1-10(19)11-6-8-20(9-7-11)14(21)12-4-2-3-5-13(12)15(16,17)18;/h2-5,10-11H,6-9,19H2,1H3;1H. The fourth-order valence-corrected chi connectivity index (χ4v) is 2.72. The van der Waals surface area contributed by atoms with Crippen molar-refractivity contribution in [3.63, 3.8) is 0 Å². The molecule has 2 N–H and O–H groups in total. The minimum atomic E-state index is -4.52. The fourth-order valence-electron chi connectivity index (χ4n) is 2.72. The fraction of sp³-hybridized carbons (Fsp3) is 0.533. The number of nitrogens with two attached hydrogens (primary N) is 1. The second-order valence-electron chi connectivity index (χ2n) is 5.53. The predicted molar refractivity (Wildman–Crippen MR) is 81.0 cm³/mol. The zero-order valence-electron chi connectivity index (χ0n) is 12.3. The van der Waals surface area contributed by atoms with E-state index in [1.165, 1.54) is 23.1 Å². The van der Waals surface area contributed by atoms with Crippen molar-refractivity contribution in [3.8, 4) is 0 Å². The van der Waals surface area contributed by atoms with Crippen LogP contribution in [-0.2, 0) is 6.18 Å². The number of nitrogens with zero attached hydrogens (tertiary/aromatic N) is 1. The maximum Gasteiger partial charge on any atom is 0.417 e. The van der Waals surface area contributed by atoms with Crippen molar-refractivity contribution in [3.05, 3.63) is 35.4 Å². The molecule has 1 heterocycles. The van der Waals surface area contributed by atoms with Gasteiger partial charge in [0.15, 0.2) is 0 Å². The Hall–Kier alpha value is -1.27. The normalized spacial score (nSPS) is 17.8. The van der Waals surface area contributed by atoms with Gasteiger partial charge in [-0.2, -0.15) is 13.2 Å². The lowest BCUT2D eigenvalue weighted by molar-refractivity contribution is -0.138. The first-order valence-corrected chi connectivity index (χ1v) is 7.01. The van der Waals surface area contributed by atoms with Crippen molar-refractivity contribution in [2.75, 3.05) is 13.1 Å². The molecule has 0 bridgehead atoms. The third-order valence-corrected chi connectivity index (χ3v) is 4.03. The molecule has 1 amide bonds. The molecule has 0 saturated carbocycles. The van der Waals surface area contributed by atoms with Crippen LogP contribution >= 0.6 is 12.4 Å². The highest BCUT2D eigenvalue weighted by Gasteiger charge is 2.36. The molecular formula is C15H20ClF3N2O. The number of amides is 1. The van der Waals surface area contributed by atoms with Gasteiger partial charge in [-0.1, -0.05) is 12.1 Å². The molecule has 1 aliphatic heterocycles. The number of likely N-dealkylation sites (tertiary alicyclic amines) is 1. The summed E-state index contributed by atoms with van der Waals surface area (Å²) >= 11 is 0. The van der Waals surface area contributed by atoms with Crippen molar-refractivity contribution >= 4 is 18.3 Å². The highest BCUT2D eigenvalue weighted by Crippen LogP contribution is 2.33. The Kier molecular flexibility index (Phi) is 6.26. The summed E-state index contributed by atoms with van der Waals surface area (Å²) in [6, 6.07) is 4.98. The van der Waals surface area contributed by atoms with Crippen molar-refractivity contribution in [1.29, 1.82) is 0 Å². The number of alkyl halides is 3. The summed E-state index contributed by atoms with van der Waals surface area (Å²) in [6.07, 6.45) is -3.05. The smallest absolute Gasteiger partial charge is 0.339 e. The molecule has 1 saturated heterocycles. The first-order chi connectivity index (χ1) is 9.80. The molecule has 1 aromatic carbocycles. The van der Waals surface area contributed by atoms with Crippen LogP contribution in [0.3, 0.4) is 0 Å². The van der Waals surface area contributed by atoms with Crippen LogP contribution in [0.2, 0.25) is 0 Å². The van der Waals surface area contributed by atoms with E-state index in [2.05, 4.69) is 0 Å². The Balaban J connectivity index is 0.00000242. The number of hydrogen-bond donors (Lipinski definition) is 1. The van der Waals surface area contributed by atoms with Crippen LogP contribution in [0, 0.1) is 5.92 Å². The predicted octanol–water partition coefficient (Wildman–Crippen LogP) is 3.33. The van der Waals surface area contributed by atoms with Gasteiger partial charge in [0.05, 0.1) is 11.1 Å². The summed E-state index contributed by atoms with van der Waals surface area (Å²) in [7, 11) is 0. The Morgan fingerprint density at radius 2 is 1.82 bits per heavy atom. The molecule has 0 aliphatic carbocycles. The van der Waals surface area contributed by atoms with Crippen molar-refractivity contribution in [1.82, 2.24) is 4.90 Å².